The first-order valence-corrected chi connectivity index (χ1v) is 5.10. The van der Waals surface area contributed by atoms with Crippen LogP contribution < -0.4 is 10.6 Å². The van der Waals surface area contributed by atoms with Gasteiger partial charge in [-0.1, -0.05) is 6.92 Å². The number of amides is 1. The lowest BCUT2D eigenvalue weighted by atomic mass is 10.0. The van der Waals surface area contributed by atoms with Gasteiger partial charge in [0.1, 0.15) is 0 Å². The van der Waals surface area contributed by atoms with E-state index in [2.05, 4.69) is 10.6 Å². The fourth-order valence-corrected chi connectivity index (χ4v) is 1.32. The highest BCUT2D eigenvalue weighted by Gasteiger charge is 2.25. The molecular weight excluding hydrogens is 192 g/mol. The Morgan fingerprint density at radius 3 is 2.80 bits per heavy atom. The molecule has 2 N–H and O–H groups in total. The van der Waals surface area contributed by atoms with Crippen LogP contribution in [0.3, 0.4) is 0 Å². The number of rotatable bonds is 5. The van der Waals surface area contributed by atoms with Crippen molar-refractivity contribution >= 4 is 5.91 Å². The Hall–Kier alpha value is -1.29. The Labute approximate surface area is 90.0 Å². The summed E-state index contributed by atoms with van der Waals surface area (Å²) < 4.78 is 4.91. The van der Waals surface area contributed by atoms with Gasteiger partial charge < -0.3 is 15.1 Å². The van der Waals surface area contributed by atoms with E-state index in [1.54, 1.807) is 12.5 Å². The summed E-state index contributed by atoms with van der Waals surface area (Å²) in [5, 5.41) is 5.96. The molecule has 0 aliphatic carbocycles. The summed E-state index contributed by atoms with van der Waals surface area (Å²) in [5.41, 5.74) is 0.439. The van der Waals surface area contributed by atoms with Crippen molar-refractivity contribution in [1.82, 2.24) is 10.6 Å². The minimum atomic E-state index is -0.529. The van der Waals surface area contributed by atoms with Gasteiger partial charge in [0, 0.05) is 12.1 Å². The molecule has 4 heteroatoms. The summed E-state index contributed by atoms with van der Waals surface area (Å²) >= 11 is 0. The Balaban J connectivity index is 2.42. The molecule has 1 heterocycles. The standard InChI is InChI=1S/C11H18N2O2/c1-4-13-11(2,3)10(14)12-7-9-5-6-15-8-9/h5-6,8,13H,4,7H2,1-3H3,(H,12,14). The number of hydrogen-bond acceptors (Lipinski definition) is 3. The van der Waals surface area contributed by atoms with Crippen LogP contribution in [0, 0.1) is 0 Å². The predicted octanol–water partition coefficient (Wildman–Crippen LogP) is 1.28. The van der Waals surface area contributed by atoms with E-state index in [0.717, 1.165) is 12.1 Å². The van der Waals surface area contributed by atoms with Crippen molar-refractivity contribution in [2.45, 2.75) is 32.9 Å². The third-order valence-electron chi connectivity index (χ3n) is 2.22. The molecule has 15 heavy (non-hydrogen) atoms. The largest absolute Gasteiger partial charge is 0.472 e. The van der Waals surface area contributed by atoms with E-state index in [0.29, 0.717) is 6.54 Å². The van der Waals surface area contributed by atoms with Crippen molar-refractivity contribution in [3.63, 3.8) is 0 Å². The topological polar surface area (TPSA) is 54.3 Å². The van der Waals surface area contributed by atoms with Crippen molar-refractivity contribution in [2.75, 3.05) is 6.54 Å². The lowest BCUT2D eigenvalue weighted by molar-refractivity contribution is -0.126. The summed E-state index contributed by atoms with van der Waals surface area (Å²) in [6.45, 7) is 6.98. The molecule has 0 saturated carbocycles. The van der Waals surface area contributed by atoms with Gasteiger partial charge in [-0.15, -0.1) is 0 Å². The minimum Gasteiger partial charge on any atom is -0.472 e. The molecular formula is C11H18N2O2. The van der Waals surface area contributed by atoms with Crippen LogP contribution in [0.2, 0.25) is 0 Å². The van der Waals surface area contributed by atoms with Gasteiger partial charge in [-0.3, -0.25) is 4.79 Å². The van der Waals surface area contributed by atoms with Crippen LogP contribution in [0.5, 0.6) is 0 Å². The number of likely N-dealkylation sites (N-methyl/N-ethyl adjacent to an activating group) is 1. The molecule has 0 aliphatic rings. The number of nitrogens with one attached hydrogen (secondary N) is 2. The van der Waals surface area contributed by atoms with Gasteiger partial charge >= 0.3 is 0 Å². The Kier molecular flexibility index (Phi) is 3.91. The van der Waals surface area contributed by atoms with Crippen LogP contribution in [-0.2, 0) is 11.3 Å². The third-order valence-corrected chi connectivity index (χ3v) is 2.22. The Morgan fingerprint density at radius 1 is 1.53 bits per heavy atom. The van der Waals surface area contributed by atoms with Crippen molar-refractivity contribution < 1.29 is 9.21 Å². The average molecular weight is 210 g/mol. The molecule has 0 fully saturated rings. The summed E-state index contributed by atoms with van der Waals surface area (Å²) in [6.07, 6.45) is 3.22. The Morgan fingerprint density at radius 2 is 2.27 bits per heavy atom. The fraction of sp³-hybridized carbons (Fsp3) is 0.545. The SMILES string of the molecule is CCNC(C)(C)C(=O)NCc1ccoc1. The first-order valence-electron chi connectivity index (χ1n) is 5.10. The zero-order valence-corrected chi connectivity index (χ0v) is 9.46. The molecule has 4 nitrogen and oxygen atoms in total. The third kappa shape index (κ3) is 3.40. The highest BCUT2D eigenvalue weighted by molar-refractivity contribution is 5.85. The average Bonchev–Trinajstić information content (AvgIpc) is 2.66. The van der Waals surface area contributed by atoms with Gasteiger partial charge in [0.25, 0.3) is 0 Å². The molecule has 1 rings (SSSR count). The van der Waals surface area contributed by atoms with Gasteiger partial charge in [0.15, 0.2) is 0 Å². The minimum absolute atomic E-state index is 0.00875. The second-order valence-electron chi connectivity index (χ2n) is 3.97. The van der Waals surface area contributed by atoms with Crippen molar-refractivity contribution in [1.29, 1.82) is 0 Å². The number of carbonyl (C=O) groups excluding carboxylic acids is 1. The summed E-state index contributed by atoms with van der Waals surface area (Å²) in [7, 11) is 0. The molecule has 0 atom stereocenters. The summed E-state index contributed by atoms with van der Waals surface area (Å²) in [6, 6.07) is 1.83. The van der Waals surface area contributed by atoms with Crippen molar-refractivity contribution in [3.05, 3.63) is 24.2 Å². The zero-order chi connectivity index (χ0) is 11.3. The number of hydrogen-bond donors (Lipinski definition) is 2. The van der Waals surface area contributed by atoms with Gasteiger partial charge in [-0.05, 0) is 26.5 Å². The second kappa shape index (κ2) is 4.98. The molecule has 0 bridgehead atoms. The molecule has 0 unspecified atom stereocenters. The highest BCUT2D eigenvalue weighted by Crippen LogP contribution is 2.03. The van der Waals surface area contributed by atoms with E-state index in [4.69, 9.17) is 4.42 Å². The van der Waals surface area contributed by atoms with Gasteiger partial charge in [0.2, 0.25) is 5.91 Å². The van der Waals surface area contributed by atoms with E-state index < -0.39 is 5.54 Å². The smallest absolute Gasteiger partial charge is 0.239 e. The van der Waals surface area contributed by atoms with Crippen LogP contribution in [0.1, 0.15) is 26.3 Å². The molecule has 1 amide bonds. The first kappa shape index (κ1) is 11.8. The monoisotopic (exact) mass is 210 g/mol. The molecule has 0 spiro atoms. The molecule has 1 aromatic heterocycles. The van der Waals surface area contributed by atoms with E-state index in [-0.39, 0.29) is 5.91 Å². The van der Waals surface area contributed by atoms with Crippen molar-refractivity contribution in [3.8, 4) is 0 Å². The maximum Gasteiger partial charge on any atom is 0.239 e. The maximum absolute atomic E-state index is 11.7. The molecule has 0 saturated heterocycles. The van der Waals surface area contributed by atoms with Crippen LogP contribution in [0.4, 0.5) is 0 Å². The van der Waals surface area contributed by atoms with Gasteiger partial charge in [0.05, 0.1) is 18.1 Å². The van der Waals surface area contributed by atoms with E-state index in [1.165, 1.54) is 0 Å². The zero-order valence-electron chi connectivity index (χ0n) is 9.46. The predicted molar refractivity (Wildman–Crippen MR) is 58.3 cm³/mol. The van der Waals surface area contributed by atoms with Crippen LogP contribution >= 0.6 is 0 Å². The second-order valence-corrected chi connectivity index (χ2v) is 3.97. The van der Waals surface area contributed by atoms with Gasteiger partial charge in [-0.2, -0.15) is 0 Å². The van der Waals surface area contributed by atoms with Crippen molar-refractivity contribution in [2.24, 2.45) is 0 Å². The summed E-state index contributed by atoms with van der Waals surface area (Å²) in [4.78, 5) is 11.7. The van der Waals surface area contributed by atoms with Crippen LogP contribution in [0.15, 0.2) is 23.0 Å². The molecule has 0 aliphatic heterocycles. The normalized spacial score (nSPS) is 11.4. The fourth-order valence-electron chi connectivity index (χ4n) is 1.32. The number of furan rings is 1. The van der Waals surface area contributed by atoms with Crippen LogP contribution in [-0.4, -0.2) is 18.0 Å². The van der Waals surface area contributed by atoms with Gasteiger partial charge in [-0.25, -0.2) is 0 Å². The maximum atomic E-state index is 11.7. The van der Waals surface area contributed by atoms with Crippen LogP contribution in [0.25, 0.3) is 0 Å². The quantitative estimate of drug-likeness (QED) is 0.769. The molecule has 0 radical (unpaired) electrons. The lowest BCUT2D eigenvalue weighted by Gasteiger charge is -2.24. The number of carbonyl (C=O) groups is 1. The summed E-state index contributed by atoms with van der Waals surface area (Å²) in [5.74, 6) is -0.00875. The van der Waals surface area contributed by atoms with E-state index in [9.17, 15) is 4.79 Å². The highest BCUT2D eigenvalue weighted by atomic mass is 16.3. The lowest BCUT2D eigenvalue weighted by Crippen LogP contribution is -2.52. The Bertz CT molecular complexity index is 304. The molecule has 0 aromatic carbocycles. The first-order chi connectivity index (χ1) is 7.06. The molecule has 84 valence electrons. The van der Waals surface area contributed by atoms with E-state index >= 15 is 0 Å². The molecule has 1 aromatic rings. The van der Waals surface area contributed by atoms with E-state index in [1.807, 2.05) is 26.8 Å².